The largest absolute Gasteiger partial charge is 0.481 e. The van der Waals surface area contributed by atoms with E-state index in [1.807, 2.05) is 30.3 Å². The van der Waals surface area contributed by atoms with Gasteiger partial charge >= 0.3 is 11.9 Å². The van der Waals surface area contributed by atoms with Crippen molar-refractivity contribution >= 4 is 23.6 Å². The lowest BCUT2D eigenvalue weighted by Crippen LogP contribution is -2.45. The van der Waals surface area contributed by atoms with Crippen LogP contribution >= 0.6 is 0 Å². The van der Waals surface area contributed by atoms with Crippen molar-refractivity contribution < 1.29 is 29.4 Å². The predicted molar refractivity (Wildman–Crippen MR) is 109 cm³/mol. The van der Waals surface area contributed by atoms with E-state index in [0.29, 0.717) is 38.6 Å². The molecule has 1 aromatic carbocycles. The summed E-state index contributed by atoms with van der Waals surface area (Å²) in [6.07, 6.45) is 3.79. The molecule has 30 heavy (non-hydrogen) atoms. The monoisotopic (exact) mass is 415 g/mol. The van der Waals surface area contributed by atoms with Crippen LogP contribution in [0.2, 0.25) is 0 Å². The molecule has 7 nitrogen and oxygen atoms in total. The summed E-state index contributed by atoms with van der Waals surface area (Å²) >= 11 is 0. The molecule has 1 heterocycles. The molecule has 1 aliphatic heterocycles. The van der Waals surface area contributed by atoms with Crippen molar-refractivity contribution in [3.05, 3.63) is 35.9 Å². The molecule has 1 saturated heterocycles. The van der Waals surface area contributed by atoms with E-state index < -0.39 is 29.3 Å². The number of amides is 1. The van der Waals surface area contributed by atoms with Crippen LogP contribution in [-0.2, 0) is 25.6 Å². The summed E-state index contributed by atoms with van der Waals surface area (Å²) in [4.78, 5) is 51.0. The fraction of sp³-hybridized carbons (Fsp3) is 0.565. The number of carbonyl (C=O) groups is 4. The van der Waals surface area contributed by atoms with E-state index in [-0.39, 0.29) is 24.5 Å². The van der Waals surface area contributed by atoms with Crippen molar-refractivity contribution in [2.45, 2.75) is 63.8 Å². The van der Waals surface area contributed by atoms with Crippen LogP contribution in [0, 0.1) is 11.3 Å². The van der Waals surface area contributed by atoms with Gasteiger partial charge in [-0.25, -0.2) is 4.79 Å². The molecular formula is C23H29NO6. The Morgan fingerprint density at radius 3 is 2.30 bits per heavy atom. The van der Waals surface area contributed by atoms with Crippen LogP contribution < -0.4 is 0 Å². The zero-order chi connectivity index (χ0) is 21.7. The highest BCUT2D eigenvalue weighted by Gasteiger charge is 2.45. The van der Waals surface area contributed by atoms with Gasteiger partial charge in [0.1, 0.15) is 11.8 Å². The number of carboxylic acid groups (broad SMARTS) is 2. The molecule has 1 aromatic rings. The molecule has 1 aliphatic carbocycles. The lowest BCUT2D eigenvalue weighted by atomic mass is 9.74. The van der Waals surface area contributed by atoms with Gasteiger partial charge in [-0.1, -0.05) is 43.2 Å². The van der Waals surface area contributed by atoms with Gasteiger partial charge < -0.3 is 15.1 Å². The Balaban J connectivity index is 1.83. The molecule has 0 bridgehead atoms. The normalized spacial score (nSPS) is 21.3. The molecule has 7 heteroatoms. The van der Waals surface area contributed by atoms with Gasteiger partial charge in [0.25, 0.3) is 0 Å². The molecule has 2 fully saturated rings. The van der Waals surface area contributed by atoms with Crippen LogP contribution in [0.3, 0.4) is 0 Å². The molecule has 162 valence electrons. The Morgan fingerprint density at radius 2 is 1.70 bits per heavy atom. The third kappa shape index (κ3) is 4.89. The first-order valence-electron chi connectivity index (χ1n) is 10.6. The molecule has 2 aliphatic rings. The fourth-order valence-electron chi connectivity index (χ4n) is 5.00. The van der Waals surface area contributed by atoms with Gasteiger partial charge in [-0.05, 0) is 37.7 Å². The highest BCUT2D eigenvalue weighted by molar-refractivity contribution is 5.94. The number of rotatable bonds is 9. The predicted octanol–water partition coefficient (Wildman–Crippen LogP) is 2.92. The van der Waals surface area contributed by atoms with Gasteiger partial charge in [0.15, 0.2) is 0 Å². The summed E-state index contributed by atoms with van der Waals surface area (Å²) in [7, 11) is 0. The van der Waals surface area contributed by atoms with Crippen LogP contribution in [0.25, 0.3) is 0 Å². The van der Waals surface area contributed by atoms with Gasteiger partial charge in [-0.2, -0.15) is 0 Å². The van der Waals surface area contributed by atoms with Gasteiger partial charge in [0.2, 0.25) is 5.91 Å². The van der Waals surface area contributed by atoms with Crippen LogP contribution in [-0.4, -0.2) is 51.3 Å². The zero-order valence-corrected chi connectivity index (χ0v) is 17.1. The lowest BCUT2D eigenvalue weighted by molar-refractivity contribution is -0.151. The quantitative estimate of drug-likeness (QED) is 0.641. The van der Waals surface area contributed by atoms with E-state index in [2.05, 4.69) is 0 Å². The smallest absolute Gasteiger partial charge is 0.326 e. The van der Waals surface area contributed by atoms with Crippen molar-refractivity contribution in [2.75, 3.05) is 6.54 Å². The highest BCUT2D eigenvalue weighted by atomic mass is 16.4. The van der Waals surface area contributed by atoms with E-state index in [1.165, 1.54) is 4.90 Å². The number of likely N-dealkylation sites (tertiary alicyclic amines) is 1. The maximum absolute atomic E-state index is 13.3. The number of ketones is 1. The van der Waals surface area contributed by atoms with Crippen LogP contribution in [0.15, 0.2) is 30.3 Å². The molecule has 2 atom stereocenters. The van der Waals surface area contributed by atoms with Crippen LogP contribution in [0.1, 0.15) is 56.9 Å². The third-order valence-corrected chi connectivity index (χ3v) is 6.57. The average molecular weight is 415 g/mol. The minimum atomic E-state index is -1.02. The Labute approximate surface area is 176 Å². The zero-order valence-electron chi connectivity index (χ0n) is 17.1. The second kappa shape index (κ2) is 9.41. The van der Waals surface area contributed by atoms with Crippen LogP contribution in [0.5, 0.6) is 0 Å². The minimum absolute atomic E-state index is 0.0517. The number of hydrogen-bond donors (Lipinski definition) is 2. The topological polar surface area (TPSA) is 112 Å². The molecule has 0 aromatic heterocycles. The standard InChI is InChI=1S/C23H29NO6/c25-19(23(15-20(26)27)10-4-5-11-23)14-17(13-16-7-2-1-3-8-16)21(28)24-12-6-9-18(24)22(29)30/h1-3,7-8,17-18H,4-6,9-15H2,(H,26,27)(H,29,30)/t17-,18+/m1/s1. The first kappa shape index (κ1) is 22.0. The van der Waals surface area contributed by atoms with Gasteiger partial charge in [0.05, 0.1) is 6.42 Å². The first-order valence-corrected chi connectivity index (χ1v) is 10.6. The molecule has 1 saturated carbocycles. The van der Waals surface area contributed by atoms with Gasteiger partial charge in [-0.15, -0.1) is 0 Å². The number of carboxylic acids is 2. The molecule has 1 amide bonds. The van der Waals surface area contributed by atoms with Crippen molar-refractivity contribution in [3.63, 3.8) is 0 Å². The summed E-state index contributed by atoms with van der Waals surface area (Å²) in [6.45, 7) is 0.371. The van der Waals surface area contributed by atoms with Gasteiger partial charge in [-0.3, -0.25) is 14.4 Å². The third-order valence-electron chi connectivity index (χ3n) is 6.57. The summed E-state index contributed by atoms with van der Waals surface area (Å²) in [5, 5.41) is 18.8. The second-order valence-electron chi connectivity index (χ2n) is 8.60. The van der Waals surface area contributed by atoms with E-state index in [0.717, 1.165) is 18.4 Å². The van der Waals surface area contributed by atoms with E-state index in [1.54, 1.807) is 0 Å². The Morgan fingerprint density at radius 1 is 1.03 bits per heavy atom. The summed E-state index contributed by atoms with van der Waals surface area (Å²) in [5.74, 6) is -3.21. The number of benzene rings is 1. The summed E-state index contributed by atoms with van der Waals surface area (Å²) < 4.78 is 0. The molecule has 0 spiro atoms. The van der Waals surface area contributed by atoms with Crippen molar-refractivity contribution in [2.24, 2.45) is 11.3 Å². The molecule has 0 unspecified atom stereocenters. The summed E-state index contributed by atoms with van der Waals surface area (Å²) in [6, 6.07) is 8.49. The number of hydrogen-bond acceptors (Lipinski definition) is 4. The van der Waals surface area contributed by atoms with Crippen LogP contribution in [0.4, 0.5) is 0 Å². The number of Topliss-reactive ketones (excluding diaryl/α,β-unsaturated/α-hetero) is 1. The van der Waals surface area contributed by atoms with Crippen molar-refractivity contribution in [3.8, 4) is 0 Å². The van der Waals surface area contributed by atoms with Gasteiger partial charge in [0, 0.05) is 24.3 Å². The number of nitrogens with zero attached hydrogens (tertiary/aromatic N) is 1. The summed E-state index contributed by atoms with van der Waals surface area (Å²) in [5.41, 5.74) is -0.00781. The van der Waals surface area contributed by atoms with Crippen molar-refractivity contribution in [1.82, 2.24) is 4.90 Å². The van der Waals surface area contributed by atoms with E-state index >= 15 is 0 Å². The Hall–Kier alpha value is -2.70. The Bertz CT molecular complexity index is 799. The maximum Gasteiger partial charge on any atom is 0.326 e. The number of aliphatic carboxylic acids is 2. The molecule has 0 radical (unpaired) electrons. The highest BCUT2D eigenvalue weighted by Crippen LogP contribution is 2.43. The maximum atomic E-state index is 13.3. The minimum Gasteiger partial charge on any atom is -0.481 e. The van der Waals surface area contributed by atoms with E-state index in [4.69, 9.17) is 0 Å². The average Bonchev–Trinajstić information content (AvgIpc) is 3.37. The SMILES string of the molecule is O=C(O)CC1(C(=O)C[C@@H](Cc2ccccc2)C(=O)N2CCC[C@H]2C(=O)O)CCCC1. The fourth-order valence-corrected chi connectivity index (χ4v) is 5.00. The van der Waals surface area contributed by atoms with Crippen molar-refractivity contribution in [1.29, 1.82) is 0 Å². The molecule has 3 rings (SSSR count). The Kier molecular flexibility index (Phi) is 6.90. The molecule has 2 N–H and O–H groups in total. The first-order chi connectivity index (χ1) is 14.3. The lowest BCUT2D eigenvalue weighted by Gasteiger charge is -2.30. The van der Waals surface area contributed by atoms with E-state index in [9.17, 15) is 29.4 Å². The second-order valence-corrected chi connectivity index (χ2v) is 8.60. The molecular weight excluding hydrogens is 386 g/mol. The number of carbonyl (C=O) groups excluding carboxylic acids is 2.